The van der Waals surface area contributed by atoms with Gasteiger partial charge in [-0.05, 0) is 24.5 Å². The molecule has 7 nitrogen and oxygen atoms in total. The summed E-state index contributed by atoms with van der Waals surface area (Å²) in [6.45, 7) is 6.83. The van der Waals surface area contributed by atoms with Crippen LogP contribution in [0.2, 0.25) is 0 Å². The number of halogens is 3. The lowest BCUT2D eigenvalue weighted by atomic mass is 9.83. The number of thiazole rings is 1. The Kier molecular flexibility index (Phi) is 5.23. The molecular weight excluding hydrogens is 467 g/mol. The van der Waals surface area contributed by atoms with Gasteiger partial charge in [-0.2, -0.15) is 18.3 Å². The molecule has 0 aliphatic carbocycles. The van der Waals surface area contributed by atoms with Gasteiger partial charge in [0.25, 0.3) is 11.5 Å². The van der Waals surface area contributed by atoms with Crippen LogP contribution in [0.4, 0.5) is 13.2 Å². The van der Waals surface area contributed by atoms with Crippen LogP contribution in [-0.2, 0) is 18.1 Å². The number of carbonyl (C=O) groups excluding carboxylic acids is 1. The molecule has 0 unspecified atom stereocenters. The average Bonchev–Trinajstić information content (AvgIpc) is 3.41. The molecule has 1 saturated heterocycles. The molecular formula is C23H24F3N5O2S. The molecule has 2 aliphatic rings. The van der Waals surface area contributed by atoms with Crippen molar-refractivity contribution in [2.24, 2.45) is 5.92 Å². The van der Waals surface area contributed by atoms with Crippen molar-refractivity contribution in [3.8, 4) is 5.13 Å². The number of hydrogen-bond donors (Lipinski definition) is 0. The highest BCUT2D eigenvalue weighted by molar-refractivity contribution is 7.12. The summed E-state index contributed by atoms with van der Waals surface area (Å²) in [4.78, 5) is 31.4. The van der Waals surface area contributed by atoms with E-state index in [0.717, 1.165) is 34.2 Å². The molecule has 1 amide bonds. The van der Waals surface area contributed by atoms with Gasteiger partial charge in [0.1, 0.15) is 5.69 Å². The number of alkyl halides is 3. The molecule has 0 spiro atoms. The molecule has 0 N–H and O–H groups in total. The smallest absolute Gasteiger partial charge is 0.336 e. The van der Waals surface area contributed by atoms with Gasteiger partial charge in [0.2, 0.25) is 5.13 Å². The van der Waals surface area contributed by atoms with Crippen LogP contribution in [0, 0.1) is 5.92 Å². The Morgan fingerprint density at radius 2 is 1.91 bits per heavy atom. The fourth-order valence-electron chi connectivity index (χ4n) is 4.78. The van der Waals surface area contributed by atoms with Crippen LogP contribution in [0.1, 0.15) is 60.7 Å². The zero-order chi connectivity index (χ0) is 24.4. The first-order chi connectivity index (χ1) is 15.9. The molecule has 2 aliphatic heterocycles. The van der Waals surface area contributed by atoms with Crippen molar-refractivity contribution in [3.05, 3.63) is 62.8 Å². The van der Waals surface area contributed by atoms with Crippen LogP contribution in [0.5, 0.6) is 0 Å². The Hall–Kier alpha value is -2.95. The quantitative estimate of drug-likeness (QED) is 0.542. The van der Waals surface area contributed by atoms with Crippen molar-refractivity contribution in [1.82, 2.24) is 24.2 Å². The predicted molar refractivity (Wildman–Crippen MR) is 120 cm³/mol. The molecule has 0 aromatic carbocycles. The molecule has 2 atom stereocenters. The van der Waals surface area contributed by atoms with Crippen LogP contribution in [-0.4, -0.2) is 43.2 Å². The number of aromatic nitrogens is 4. The first-order valence-electron chi connectivity index (χ1n) is 11.0. The highest BCUT2D eigenvalue weighted by Gasteiger charge is 2.39. The fraction of sp³-hybridized carbons (Fsp3) is 0.478. The van der Waals surface area contributed by atoms with Crippen LogP contribution >= 0.6 is 11.3 Å². The number of hydrogen-bond acceptors (Lipinski definition) is 5. The monoisotopic (exact) mass is 491 g/mol. The van der Waals surface area contributed by atoms with E-state index in [0.29, 0.717) is 25.3 Å². The Labute approximate surface area is 197 Å². The first-order valence-corrected chi connectivity index (χ1v) is 11.9. The SMILES string of the molecule is CC(C)(C)c1cc(C(F)(F)F)n(-c2nc(C(=O)N3C[C@@H]4C[C@H](C3)c3cccc(=O)n3C4)cs2)n1. The molecule has 1 fully saturated rings. The van der Waals surface area contributed by atoms with Gasteiger partial charge < -0.3 is 9.47 Å². The standard InChI is InChI=1S/C23H24F3N5O2S/c1-22(2,3)17-8-18(23(24,25)26)31(28-17)21-27-15(12-34-21)20(33)29-9-13-7-14(11-29)16-5-4-6-19(32)30(16)10-13/h4-6,8,12-14H,7,9-11H2,1-3H3/t13-,14+/m0/s1. The van der Waals surface area contributed by atoms with E-state index >= 15 is 0 Å². The molecule has 5 rings (SSSR count). The van der Waals surface area contributed by atoms with E-state index < -0.39 is 17.3 Å². The van der Waals surface area contributed by atoms with Crippen LogP contribution in [0.25, 0.3) is 5.13 Å². The molecule has 2 bridgehead atoms. The number of carbonyl (C=O) groups is 1. The summed E-state index contributed by atoms with van der Waals surface area (Å²) in [6.07, 6.45) is -3.71. The van der Waals surface area contributed by atoms with Gasteiger partial charge in [0, 0.05) is 48.1 Å². The minimum atomic E-state index is -4.61. The molecule has 3 aromatic rings. The number of rotatable bonds is 2. The molecule has 0 saturated carbocycles. The van der Waals surface area contributed by atoms with Crippen molar-refractivity contribution in [2.45, 2.75) is 51.2 Å². The van der Waals surface area contributed by atoms with Gasteiger partial charge in [-0.1, -0.05) is 26.8 Å². The van der Waals surface area contributed by atoms with Crippen LogP contribution < -0.4 is 5.56 Å². The summed E-state index contributed by atoms with van der Waals surface area (Å²) < 4.78 is 43.6. The maximum atomic E-state index is 13.7. The zero-order valence-electron chi connectivity index (χ0n) is 19.0. The van der Waals surface area contributed by atoms with E-state index in [1.807, 2.05) is 6.07 Å². The van der Waals surface area contributed by atoms with E-state index in [1.165, 1.54) is 5.38 Å². The average molecular weight is 492 g/mol. The minimum Gasteiger partial charge on any atom is -0.336 e. The van der Waals surface area contributed by atoms with Crippen molar-refractivity contribution in [1.29, 1.82) is 0 Å². The second kappa shape index (κ2) is 7.79. The Morgan fingerprint density at radius 3 is 2.62 bits per heavy atom. The molecule has 180 valence electrons. The van der Waals surface area contributed by atoms with E-state index in [2.05, 4.69) is 10.1 Å². The highest BCUT2D eigenvalue weighted by atomic mass is 32.1. The maximum absolute atomic E-state index is 13.7. The van der Waals surface area contributed by atoms with E-state index in [1.54, 1.807) is 42.4 Å². The summed E-state index contributed by atoms with van der Waals surface area (Å²) >= 11 is 0.957. The Balaban J connectivity index is 1.43. The Bertz CT molecular complexity index is 1320. The fourth-order valence-corrected chi connectivity index (χ4v) is 5.54. The van der Waals surface area contributed by atoms with Crippen molar-refractivity contribution >= 4 is 17.2 Å². The van der Waals surface area contributed by atoms with Gasteiger partial charge >= 0.3 is 6.18 Å². The number of amides is 1. The molecule has 3 aromatic heterocycles. The molecule has 34 heavy (non-hydrogen) atoms. The van der Waals surface area contributed by atoms with Crippen LogP contribution in [0.15, 0.2) is 34.4 Å². The summed E-state index contributed by atoms with van der Waals surface area (Å²) in [5.41, 5.74) is -0.218. The Morgan fingerprint density at radius 1 is 1.15 bits per heavy atom. The summed E-state index contributed by atoms with van der Waals surface area (Å²) in [5.74, 6) is -0.132. The number of fused-ring (bicyclic) bond motifs is 4. The number of piperidine rings is 1. The summed E-state index contributed by atoms with van der Waals surface area (Å²) in [6, 6.07) is 6.23. The highest BCUT2D eigenvalue weighted by Crippen LogP contribution is 2.37. The van der Waals surface area contributed by atoms with Gasteiger partial charge in [0.05, 0.1) is 5.69 Å². The molecule has 11 heteroatoms. The van der Waals surface area contributed by atoms with E-state index in [4.69, 9.17) is 0 Å². The summed E-state index contributed by atoms with van der Waals surface area (Å²) in [7, 11) is 0. The largest absolute Gasteiger partial charge is 0.433 e. The normalized spacial score (nSPS) is 20.4. The van der Waals surface area contributed by atoms with Gasteiger partial charge in [-0.15, -0.1) is 11.3 Å². The zero-order valence-corrected chi connectivity index (χ0v) is 19.8. The number of likely N-dealkylation sites (tertiary alicyclic amines) is 1. The lowest BCUT2D eigenvalue weighted by molar-refractivity contribution is -0.142. The number of nitrogens with zero attached hydrogens (tertiary/aromatic N) is 5. The van der Waals surface area contributed by atoms with Crippen molar-refractivity contribution in [3.63, 3.8) is 0 Å². The minimum absolute atomic E-state index is 0.000256. The van der Waals surface area contributed by atoms with E-state index in [9.17, 15) is 22.8 Å². The van der Waals surface area contributed by atoms with Crippen molar-refractivity contribution in [2.75, 3.05) is 13.1 Å². The maximum Gasteiger partial charge on any atom is 0.433 e. The third-order valence-electron chi connectivity index (χ3n) is 6.43. The van der Waals surface area contributed by atoms with Crippen LogP contribution in [0.3, 0.4) is 0 Å². The first kappa shape index (κ1) is 22.8. The van der Waals surface area contributed by atoms with E-state index in [-0.39, 0.29) is 34.1 Å². The van der Waals surface area contributed by atoms with Gasteiger partial charge in [0.15, 0.2) is 5.69 Å². The van der Waals surface area contributed by atoms with Crippen molar-refractivity contribution < 1.29 is 18.0 Å². The molecule has 5 heterocycles. The molecule has 0 radical (unpaired) electrons. The van der Waals surface area contributed by atoms with Gasteiger partial charge in [-0.3, -0.25) is 9.59 Å². The lowest BCUT2D eigenvalue weighted by Crippen LogP contribution is -2.49. The summed E-state index contributed by atoms with van der Waals surface area (Å²) in [5, 5.41) is 5.66. The number of pyridine rings is 1. The third kappa shape index (κ3) is 3.95. The van der Waals surface area contributed by atoms with Gasteiger partial charge in [-0.25, -0.2) is 9.67 Å². The topological polar surface area (TPSA) is 73.0 Å². The predicted octanol–water partition coefficient (Wildman–Crippen LogP) is 4.07. The second-order valence-corrected chi connectivity index (χ2v) is 10.8. The third-order valence-corrected chi connectivity index (χ3v) is 7.24. The second-order valence-electron chi connectivity index (χ2n) is 10.00. The lowest BCUT2D eigenvalue weighted by Gasteiger charge is -2.42.